The molecule has 1 aromatic carbocycles. The predicted molar refractivity (Wildman–Crippen MR) is 90.2 cm³/mol. The molecule has 0 saturated heterocycles. The van der Waals surface area contributed by atoms with Gasteiger partial charge in [0.1, 0.15) is 0 Å². The minimum atomic E-state index is 0.0281. The van der Waals surface area contributed by atoms with Gasteiger partial charge in [-0.1, -0.05) is 25.5 Å². The lowest BCUT2D eigenvalue weighted by molar-refractivity contribution is -0.118. The Hall–Kier alpha value is -2.43. The molecule has 1 fully saturated rings. The molecular formula is C18H22N4O. The first-order chi connectivity index (χ1) is 10.9. The standard InChI is InChI=1S/C18H22N4O/c1-12(2)11-15-16(18(15,3)4)17(23)21-13-5-7-14(8-6-13)22-19-9-10-20-22/h5-11,15-16H,1-4H3,(H,21,23)/t15-,16-/m0/s1. The first-order valence-electron chi connectivity index (χ1n) is 7.82. The van der Waals surface area contributed by atoms with Crippen LogP contribution in [0.1, 0.15) is 27.7 Å². The van der Waals surface area contributed by atoms with Gasteiger partial charge in [0.15, 0.2) is 0 Å². The van der Waals surface area contributed by atoms with Gasteiger partial charge in [0.25, 0.3) is 0 Å². The molecule has 0 aliphatic heterocycles. The molecule has 1 aliphatic rings. The van der Waals surface area contributed by atoms with Gasteiger partial charge in [-0.05, 0) is 49.4 Å². The van der Waals surface area contributed by atoms with Crippen molar-refractivity contribution in [3.63, 3.8) is 0 Å². The van der Waals surface area contributed by atoms with E-state index in [0.717, 1.165) is 11.4 Å². The van der Waals surface area contributed by atoms with E-state index in [4.69, 9.17) is 0 Å². The Labute approximate surface area is 136 Å². The lowest BCUT2D eigenvalue weighted by Gasteiger charge is -2.07. The fourth-order valence-electron chi connectivity index (χ4n) is 3.10. The number of anilines is 1. The van der Waals surface area contributed by atoms with Crippen molar-refractivity contribution in [2.75, 3.05) is 5.32 Å². The summed E-state index contributed by atoms with van der Waals surface area (Å²) in [5.74, 6) is 0.437. The zero-order valence-corrected chi connectivity index (χ0v) is 13.9. The second-order valence-corrected chi connectivity index (χ2v) is 6.92. The van der Waals surface area contributed by atoms with Crippen molar-refractivity contribution >= 4 is 11.6 Å². The molecule has 1 N–H and O–H groups in total. The molecule has 23 heavy (non-hydrogen) atoms. The molecule has 0 spiro atoms. The number of nitrogens with zero attached hydrogens (tertiary/aromatic N) is 3. The maximum Gasteiger partial charge on any atom is 0.228 e. The van der Waals surface area contributed by atoms with Gasteiger partial charge in [0.05, 0.1) is 24.0 Å². The zero-order valence-electron chi connectivity index (χ0n) is 13.9. The third-order valence-corrected chi connectivity index (χ3v) is 4.49. The highest BCUT2D eigenvalue weighted by Gasteiger charge is 2.60. The van der Waals surface area contributed by atoms with Crippen molar-refractivity contribution < 1.29 is 4.79 Å². The van der Waals surface area contributed by atoms with E-state index in [1.807, 2.05) is 24.3 Å². The molecule has 1 heterocycles. The van der Waals surface area contributed by atoms with E-state index in [1.54, 1.807) is 17.2 Å². The highest BCUT2D eigenvalue weighted by Crippen LogP contribution is 2.59. The molecule has 0 bridgehead atoms. The third-order valence-electron chi connectivity index (χ3n) is 4.49. The molecule has 1 amide bonds. The Bertz CT molecular complexity index is 725. The maximum absolute atomic E-state index is 12.5. The first-order valence-corrected chi connectivity index (χ1v) is 7.82. The molecular weight excluding hydrogens is 288 g/mol. The number of hydrogen-bond donors (Lipinski definition) is 1. The summed E-state index contributed by atoms with van der Waals surface area (Å²) in [7, 11) is 0. The Balaban J connectivity index is 1.68. The molecule has 5 nitrogen and oxygen atoms in total. The van der Waals surface area contributed by atoms with Crippen LogP contribution in [0.25, 0.3) is 5.69 Å². The van der Waals surface area contributed by atoms with E-state index in [9.17, 15) is 4.79 Å². The number of allylic oxidation sites excluding steroid dienone is 2. The Morgan fingerprint density at radius 2 is 1.78 bits per heavy atom. The van der Waals surface area contributed by atoms with Gasteiger partial charge in [0, 0.05) is 5.69 Å². The molecule has 1 saturated carbocycles. The fourth-order valence-corrected chi connectivity index (χ4v) is 3.10. The smallest absolute Gasteiger partial charge is 0.228 e. The van der Waals surface area contributed by atoms with E-state index in [-0.39, 0.29) is 17.2 Å². The van der Waals surface area contributed by atoms with Crippen LogP contribution >= 0.6 is 0 Å². The van der Waals surface area contributed by atoms with Gasteiger partial charge in [0.2, 0.25) is 5.91 Å². The monoisotopic (exact) mass is 310 g/mol. The summed E-state index contributed by atoms with van der Waals surface area (Å²) in [5.41, 5.74) is 2.95. The van der Waals surface area contributed by atoms with Crippen molar-refractivity contribution in [2.45, 2.75) is 27.7 Å². The highest BCUT2D eigenvalue weighted by molar-refractivity contribution is 5.95. The van der Waals surface area contributed by atoms with Crippen molar-refractivity contribution in [1.29, 1.82) is 0 Å². The summed E-state index contributed by atoms with van der Waals surface area (Å²) >= 11 is 0. The third kappa shape index (κ3) is 3.04. The number of nitrogens with one attached hydrogen (secondary N) is 1. The van der Waals surface area contributed by atoms with Crippen molar-refractivity contribution in [2.24, 2.45) is 17.3 Å². The molecule has 0 unspecified atom stereocenters. The number of carbonyl (C=O) groups is 1. The van der Waals surface area contributed by atoms with Gasteiger partial charge < -0.3 is 5.32 Å². The van der Waals surface area contributed by atoms with Crippen molar-refractivity contribution in [1.82, 2.24) is 15.0 Å². The molecule has 0 radical (unpaired) electrons. The number of rotatable bonds is 4. The van der Waals surface area contributed by atoms with E-state index in [0.29, 0.717) is 5.92 Å². The Morgan fingerprint density at radius 3 is 2.35 bits per heavy atom. The lowest BCUT2D eigenvalue weighted by atomic mass is 10.1. The van der Waals surface area contributed by atoms with Crippen LogP contribution in [0.2, 0.25) is 0 Å². The summed E-state index contributed by atoms with van der Waals surface area (Å²) < 4.78 is 0. The molecule has 3 rings (SSSR count). The van der Waals surface area contributed by atoms with E-state index in [2.05, 4.69) is 49.3 Å². The summed E-state index contributed by atoms with van der Waals surface area (Å²) in [6, 6.07) is 7.53. The van der Waals surface area contributed by atoms with Gasteiger partial charge in [-0.15, -0.1) is 0 Å². The van der Waals surface area contributed by atoms with Gasteiger partial charge in [-0.2, -0.15) is 15.0 Å². The normalized spacial score (nSPS) is 21.6. The zero-order chi connectivity index (χ0) is 16.6. The summed E-state index contributed by atoms with van der Waals surface area (Å²) in [6.07, 6.45) is 5.47. The molecule has 1 aliphatic carbocycles. The van der Waals surface area contributed by atoms with Gasteiger partial charge in [-0.3, -0.25) is 4.79 Å². The highest BCUT2D eigenvalue weighted by atomic mass is 16.2. The van der Waals surface area contributed by atoms with E-state index in [1.165, 1.54) is 5.57 Å². The summed E-state index contributed by atoms with van der Waals surface area (Å²) in [5, 5.41) is 11.2. The number of benzene rings is 1. The predicted octanol–water partition coefficient (Wildman–Crippen LogP) is 3.44. The maximum atomic E-state index is 12.5. The van der Waals surface area contributed by atoms with Crippen LogP contribution in [0.15, 0.2) is 48.3 Å². The molecule has 2 aromatic rings. The second-order valence-electron chi connectivity index (χ2n) is 6.92. The van der Waals surface area contributed by atoms with Crippen LogP contribution in [0.3, 0.4) is 0 Å². The van der Waals surface area contributed by atoms with E-state index >= 15 is 0 Å². The number of carbonyl (C=O) groups excluding carboxylic acids is 1. The number of amides is 1. The summed E-state index contributed by atoms with van der Waals surface area (Å²) in [4.78, 5) is 14.1. The largest absolute Gasteiger partial charge is 0.326 e. The van der Waals surface area contributed by atoms with Gasteiger partial charge >= 0.3 is 0 Å². The quantitative estimate of drug-likeness (QED) is 0.880. The second kappa shape index (κ2) is 5.65. The van der Waals surface area contributed by atoms with Crippen LogP contribution in [0, 0.1) is 17.3 Å². The van der Waals surface area contributed by atoms with Crippen LogP contribution < -0.4 is 5.32 Å². The minimum Gasteiger partial charge on any atom is -0.326 e. The lowest BCUT2D eigenvalue weighted by Crippen LogP contribution is -2.16. The number of hydrogen-bond acceptors (Lipinski definition) is 3. The van der Waals surface area contributed by atoms with Gasteiger partial charge in [-0.25, -0.2) is 0 Å². The average Bonchev–Trinajstić information content (AvgIpc) is 2.88. The molecule has 120 valence electrons. The topological polar surface area (TPSA) is 59.8 Å². The SMILES string of the molecule is CC(C)=C[C@H]1[C@@H](C(=O)Nc2ccc(-n3nccn3)cc2)C1(C)C. The van der Waals surface area contributed by atoms with Crippen molar-refractivity contribution in [3.05, 3.63) is 48.3 Å². The first kappa shape index (κ1) is 15.5. The Kier molecular flexibility index (Phi) is 3.80. The van der Waals surface area contributed by atoms with Crippen LogP contribution in [0.5, 0.6) is 0 Å². The van der Waals surface area contributed by atoms with Crippen molar-refractivity contribution in [3.8, 4) is 5.69 Å². The number of aromatic nitrogens is 3. The Morgan fingerprint density at radius 1 is 1.17 bits per heavy atom. The molecule has 2 atom stereocenters. The average molecular weight is 310 g/mol. The minimum absolute atomic E-state index is 0.0281. The van der Waals surface area contributed by atoms with E-state index < -0.39 is 0 Å². The fraction of sp³-hybridized carbons (Fsp3) is 0.389. The van der Waals surface area contributed by atoms with Crippen LogP contribution in [-0.4, -0.2) is 20.9 Å². The van der Waals surface area contributed by atoms with Crippen LogP contribution in [-0.2, 0) is 4.79 Å². The molecule has 5 heteroatoms. The van der Waals surface area contributed by atoms with Crippen LogP contribution in [0.4, 0.5) is 5.69 Å². The molecule has 1 aromatic heterocycles. The summed E-state index contributed by atoms with van der Waals surface area (Å²) in [6.45, 7) is 8.44.